The second-order valence-electron chi connectivity index (χ2n) is 9.49. The van der Waals surface area contributed by atoms with Gasteiger partial charge in [-0.2, -0.15) is 13.4 Å². The van der Waals surface area contributed by atoms with Crippen LogP contribution >= 0.6 is 0 Å². The number of hydrogen-bond acceptors (Lipinski definition) is 9. The molecule has 1 fully saturated rings. The lowest BCUT2D eigenvalue weighted by Crippen LogP contribution is -2.39. The summed E-state index contributed by atoms with van der Waals surface area (Å²) in [5.74, 6) is 1.39. The molecule has 2 aromatic rings. The highest BCUT2D eigenvalue weighted by Gasteiger charge is 2.39. The number of ether oxygens (including phenoxy) is 3. The lowest BCUT2D eigenvalue weighted by molar-refractivity contribution is -0.115. The normalized spacial score (nSPS) is 19.0. The van der Waals surface area contributed by atoms with Crippen molar-refractivity contribution in [2.45, 2.75) is 44.7 Å². The van der Waals surface area contributed by atoms with Crippen LogP contribution in [0.3, 0.4) is 0 Å². The molecule has 11 heteroatoms. The number of hydrogen-bond donors (Lipinski definition) is 1. The number of aliphatic imine (C=N–C) groups is 1. The van der Waals surface area contributed by atoms with E-state index in [1.54, 1.807) is 31.2 Å². The average Bonchev–Trinajstić information content (AvgIpc) is 3.41. The number of nitrogens with one attached hydrogen (secondary N) is 1. The van der Waals surface area contributed by atoms with Crippen LogP contribution in [0.15, 0.2) is 70.0 Å². The molecule has 1 amide bonds. The maximum atomic E-state index is 13.3. The van der Waals surface area contributed by atoms with Gasteiger partial charge in [0.05, 0.1) is 5.57 Å². The summed E-state index contributed by atoms with van der Waals surface area (Å²) in [6.07, 6.45) is 4.08. The molecule has 1 unspecified atom stereocenters. The number of benzene rings is 1. The predicted molar refractivity (Wildman–Crippen MR) is 138 cm³/mol. The molecule has 3 heterocycles. The zero-order chi connectivity index (χ0) is 26.8. The number of likely N-dealkylation sites (tertiary alicyclic amines) is 1. The van der Waals surface area contributed by atoms with E-state index >= 15 is 0 Å². The number of nitrogens with zero attached hydrogens (tertiary/aromatic N) is 3. The molecule has 0 saturated carbocycles. The Hall–Kier alpha value is -3.86. The Kier molecular flexibility index (Phi) is 7.26. The third-order valence-corrected chi connectivity index (χ3v) is 7.30. The first-order valence-corrected chi connectivity index (χ1v) is 13.3. The van der Waals surface area contributed by atoms with Crippen LogP contribution in [-0.2, 0) is 14.8 Å². The number of carbonyl (C=O) groups is 1. The van der Waals surface area contributed by atoms with Crippen molar-refractivity contribution in [2.75, 3.05) is 13.3 Å². The highest BCUT2D eigenvalue weighted by molar-refractivity contribution is 7.90. The third-order valence-electron chi connectivity index (χ3n) is 6.06. The van der Waals surface area contributed by atoms with E-state index in [-0.39, 0.29) is 28.8 Å². The molecule has 0 bridgehead atoms. The van der Waals surface area contributed by atoms with Gasteiger partial charge < -0.3 is 19.1 Å². The van der Waals surface area contributed by atoms with Gasteiger partial charge in [0.25, 0.3) is 15.9 Å². The Morgan fingerprint density at radius 3 is 2.70 bits per heavy atom. The van der Waals surface area contributed by atoms with Crippen LogP contribution < -0.4 is 18.9 Å². The molecule has 1 aromatic heterocycles. The first kappa shape index (κ1) is 26.2. The molecule has 0 spiro atoms. The summed E-state index contributed by atoms with van der Waals surface area (Å²) in [6, 6.07) is 9.21. The molecule has 1 saturated heterocycles. The summed E-state index contributed by atoms with van der Waals surface area (Å²) >= 11 is 0. The number of amides is 1. The van der Waals surface area contributed by atoms with Crippen LogP contribution in [0.25, 0.3) is 0 Å². The van der Waals surface area contributed by atoms with Crippen molar-refractivity contribution in [2.24, 2.45) is 10.9 Å². The van der Waals surface area contributed by atoms with Gasteiger partial charge >= 0.3 is 0 Å². The smallest absolute Gasteiger partial charge is 0.281 e. The van der Waals surface area contributed by atoms with Crippen molar-refractivity contribution in [3.05, 3.63) is 59.9 Å². The number of pyridine rings is 1. The highest BCUT2D eigenvalue weighted by atomic mass is 32.2. The molecule has 2 aliphatic rings. The van der Waals surface area contributed by atoms with Crippen molar-refractivity contribution in [1.29, 1.82) is 0 Å². The van der Waals surface area contributed by atoms with Gasteiger partial charge in [-0.1, -0.05) is 19.1 Å². The Balaban J connectivity index is 1.58. The van der Waals surface area contributed by atoms with E-state index in [4.69, 9.17) is 14.2 Å². The molecule has 0 aliphatic carbocycles. The van der Waals surface area contributed by atoms with E-state index in [1.165, 1.54) is 24.3 Å². The van der Waals surface area contributed by atoms with E-state index < -0.39 is 15.9 Å². The largest absolute Gasteiger partial charge is 0.454 e. The fourth-order valence-corrected chi connectivity index (χ4v) is 5.51. The van der Waals surface area contributed by atoms with Gasteiger partial charge in [-0.3, -0.25) is 4.79 Å². The van der Waals surface area contributed by atoms with Crippen LogP contribution in [0.4, 0.5) is 0 Å². The highest BCUT2D eigenvalue weighted by Crippen LogP contribution is 2.37. The van der Waals surface area contributed by atoms with Crippen molar-refractivity contribution in [1.82, 2.24) is 14.6 Å². The zero-order valence-corrected chi connectivity index (χ0v) is 22.0. The lowest BCUT2D eigenvalue weighted by atomic mass is 9.97. The number of rotatable bonds is 8. The predicted octanol–water partition coefficient (Wildman–Crippen LogP) is 4.02. The number of allylic oxidation sites excluding steroid dienone is 1. The minimum absolute atomic E-state index is 0.0275. The van der Waals surface area contributed by atoms with E-state index in [0.29, 0.717) is 35.5 Å². The van der Waals surface area contributed by atoms with E-state index in [2.05, 4.69) is 42.2 Å². The van der Waals surface area contributed by atoms with Gasteiger partial charge in [0.15, 0.2) is 16.5 Å². The van der Waals surface area contributed by atoms with Gasteiger partial charge in [0.1, 0.15) is 11.6 Å². The molecule has 1 aromatic carbocycles. The van der Waals surface area contributed by atoms with Gasteiger partial charge in [-0.05, 0) is 64.1 Å². The van der Waals surface area contributed by atoms with E-state index in [0.717, 1.165) is 6.42 Å². The van der Waals surface area contributed by atoms with Crippen molar-refractivity contribution in [3.8, 4) is 23.1 Å². The van der Waals surface area contributed by atoms with Crippen molar-refractivity contribution in [3.63, 3.8) is 0 Å². The van der Waals surface area contributed by atoms with Crippen LogP contribution in [0.1, 0.15) is 34.1 Å². The monoisotopic (exact) mass is 526 g/mol. The summed E-state index contributed by atoms with van der Waals surface area (Å²) in [4.78, 5) is 23.5. The zero-order valence-electron chi connectivity index (χ0n) is 21.2. The van der Waals surface area contributed by atoms with Crippen LogP contribution in [0.5, 0.6) is 23.1 Å². The molecule has 1 N–H and O–H groups in total. The summed E-state index contributed by atoms with van der Waals surface area (Å²) in [5.41, 5.74) is -0.180. The van der Waals surface area contributed by atoms with Crippen molar-refractivity contribution >= 4 is 22.6 Å². The SMILES string of the molecule is C=N/C(=C(\C=C/C)C(=O)NS(=O)(=O)c1cccc(Oc2ccc3c(c2)OCO3)n1)N1CC(C)CC1(C)C. The Bertz CT molecular complexity index is 1380. The molecule has 0 radical (unpaired) electrons. The summed E-state index contributed by atoms with van der Waals surface area (Å²) in [6.45, 7) is 12.4. The van der Waals surface area contributed by atoms with Crippen LogP contribution in [0, 0.1) is 5.92 Å². The first-order valence-electron chi connectivity index (χ1n) is 11.8. The molecule has 4 rings (SSSR count). The Morgan fingerprint density at radius 2 is 2.03 bits per heavy atom. The topological polar surface area (TPSA) is 119 Å². The molecule has 2 aliphatic heterocycles. The first-order chi connectivity index (χ1) is 17.5. The summed E-state index contributed by atoms with van der Waals surface area (Å²) in [7, 11) is -4.34. The third kappa shape index (κ3) is 5.61. The number of carbonyl (C=O) groups excluding carboxylic acids is 1. The lowest BCUT2D eigenvalue weighted by Gasteiger charge is -2.34. The second kappa shape index (κ2) is 10.3. The molecule has 10 nitrogen and oxygen atoms in total. The molecular weight excluding hydrogens is 496 g/mol. The number of sulfonamides is 1. The summed E-state index contributed by atoms with van der Waals surface area (Å²) < 4.78 is 44.7. The molecule has 196 valence electrons. The minimum atomic E-state index is -4.34. The molecule has 1 atom stereocenters. The van der Waals surface area contributed by atoms with Gasteiger partial charge in [0, 0.05) is 24.2 Å². The van der Waals surface area contributed by atoms with Gasteiger partial charge in [0.2, 0.25) is 12.7 Å². The van der Waals surface area contributed by atoms with Crippen LogP contribution in [-0.4, -0.2) is 49.8 Å². The van der Waals surface area contributed by atoms with Gasteiger partial charge in [-0.25, -0.2) is 9.71 Å². The standard InChI is InChI=1S/C26H30N4O6S/c1-6-8-19(24(27-5)30-15-17(2)14-26(30,3)4)25(31)29-37(32,33)23-10-7-9-22(28-23)36-18-11-12-20-21(13-18)35-16-34-20/h6-13,17H,5,14-16H2,1-4H3,(H,29,31)/b8-6-,24-19-. The van der Waals surface area contributed by atoms with E-state index in [1.807, 2.05) is 4.90 Å². The molecule has 37 heavy (non-hydrogen) atoms. The second-order valence-corrected chi connectivity index (χ2v) is 11.1. The number of fused-ring (bicyclic) bond motifs is 1. The molecular formula is C26H30N4O6S. The van der Waals surface area contributed by atoms with Crippen molar-refractivity contribution < 1.29 is 27.4 Å². The fourth-order valence-electron chi connectivity index (χ4n) is 4.59. The maximum Gasteiger partial charge on any atom is 0.281 e. The fraction of sp³-hybridized carbons (Fsp3) is 0.346. The minimum Gasteiger partial charge on any atom is -0.454 e. The Morgan fingerprint density at radius 1 is 1.27 bits per heavy atom. The maximum absolute atomic E-state index is 13.3. The quantitative estimate of drug-likeness (QED) is 0.311. The Labute approximate surface area is 216 Å². The van der Waals surface area contributed by atoms with Gasteiger partial charge in [-0.15, -0.1) is 0 Å². The van der Waals surface area contributed by atoms with E-state index in [9.17, 15) is 13.2 Å². The van der Waals surface area contributed by atoms with Crippen LogP contribution in [0.2, 0.25) is 0 Å². The summed E-state index contributed by atoms with van der Waals surface area (Å²) in [5, 5.41) is -0.373. The average molecular weight is 527 g/mol. The number of aromatic nitrogens is 1.